The minimum atomic E-state index is -0.203. The minimum Gasteiger partial charge on any atom is -0.350 e. The third-order valence-electron chi connectivity index (χ3n) is 5.89. The van der Waals surface area contributed by atoms with Crippen molar-refractivity contribution in [2.45, 2.75) is 46.1 Å². The van der Waals surface area contributed by atoms with Crippen molar-refractivity contribution in [2.75, 3.05) is 26.7 Å². The highest BCUT2D eigenvalue weighted by Crippen LogP contribution is 2.23. The van der Waals surface area contributed by atoms with Gasteiger partial charge in [0, 0.05) is 25.7 Å². The summed E-state index contributed by atoms with van der Waals surface area (Å²) in [5.41, 5.74) is 2.02. The molecule has 0 unspecified atom stereocenters. The first-order chi connectivity index (χ1) is 14.3. The van der Waals surface area contributed by atoms with Crippen molar-refractivity contribution in [3.05, 3.63) is 47.5 Å². The van der Waals surface area contributed by atoms with Crippen LogP contribution in [0.1, 0.15) is 39.2 Å². The Hall–Kier alpha value is -2.63. The second kappa shape index (κ2) is 11.5. The standard InChI is InChI=1S/C24H35N3O3/c1-18(2)22(26(4)23(29)16-25-17-28)14-19(3)24(30)27-12-10-21(11-13-27)15-20-8-6-5-7-9-20/h5-9,14,17-18,21-22H,10-13,15-16H2,1-4H3,(H,25,28)/t22-/m1/s1. The summed E-state index contributed by atoms with van der Waals surface area (Å²) in [7, 11) is 1.71. The highest BCUT2D eigenvalue weighted by molar-refractivity contribution is 5.93. The third kappa shape index (κ3) is 6.71. The van der Waals surface area contributed by atoms with E-state index in [4.69, 9.17) is 0 Å². The SMILES string of the molecule is CC(=C[C@H](C(C)C)N(C)C(=O)CNC=O)C(=O)N1CCC(Cc2ccccc2)CC1. The summed E-state index contributed by atoms with van der Waals surface area (Å²) in [5.74, 6) is 0.623. The first-order valence-electron chi connectivity index (χ1n) is 10.8. The number of carbonyl (C=O) groups excluding carboxylic acids is 3. The van der Waals surface area contributed by atoms with E-state index in [-0.39, 0.29) is 30.3 Å². The Morgan fingerprint density at radius 3 is 2.40 bits per heavy atom. The zero-order valence-corrected chi connectivity index (χ0v) is 18.6. The van der Waals surface area contributed by atoms with Crippen LogP contribution in [-0.4, -0.2) is 60.7 Å². The van der Waals surface area contributed by atoms with E-state index >= 15 is 0 Å². The molecule has 0 aliphatic carbocycles. The fourth-order valence-corrected chi connectivity index (χ4v) is 4.04. The second-order valence-electron chi connectivity index (χ2n) is 8.51. The molecule has 1 atom stereocenters. The average molecular weight is 414 g/mol. The van der Waals surface area contributed by atoms with Gasteiger partial charge in [-0.15, -0.1) is 0 Å². The Bertz CT molecular complexity index is 737. The van der Waals surface area contributed by atoms with Gasteiger partial charge in [0.1, 0.15) is 0 Å². The molecule has 1 aromatic rings. The number of piperidine rings is 1. The van der Waals surface area contributed by atoms with E-state index in [1.807, 2.05) is 37.8 Å². The van der Waals surface area contributed by atoms with Crippen LogP contribution in [0.5, 0.6) is 0 Å². The molecule has 0 aromatic heterocycles. The average Bonchev–Trinajstić information content (AvgIpc) is 2.75. The van der Waals surface area contributed by atoms with Crippen LogP contribution in [0, 0.1) is 11.8 Å². The summed E-state index contributed by atoms with van der Waals surface area (Å²) in [4.78, 5) is 39.2. The van der Waals surface area contributed by atoms with Crippen molar-refractivity contribution in [1.29, 1.82) is 0 Å². The number of likely N-dealkylation sites (N-methyl/N-ethyl adjacent to an activating group) is 1. The summed E-state index contributed by atoms with van der Waals surface area (Å²) >= 11 is 0. The van der Waals surface area contributed by atoms with E-state index in [2.05, 4.69) is 29.6 Å². The van der Waals surface area contributed by atoms with Gasteiger partial charge in [-0.2, -0.15) is 0 Å². The number of carbonyl (C=O) groups is 3. The molecular weight excluding hydrogens is 378 g/mol. The van der Waals surface area contributed by atoms with Gasteiger partial charge in [0.05, 0.1) is 12.6 Å². The number of amides is 3. The Morgan fingerprint density at radius 1 is 1.20 bits per heavy atom. The summed E-state index contributed by atoms with van der Waals surface area (Å²) in [6, 6.07) is 10.3. The summed E-state index contributed by atoms with van der Waals surface area (Å²) in [6.45, 7) is 7.36. The number of hydrogen-bond acceptors (Lipinski definition) is 3. The second-order valence-corrected chi connectivity index (χ2v) is 8.51. The van der Waals surface area contributed by atoms with Crippen LogP contribution in [0.2, 0.25) is 0 Å². The van der Waals surface area contributed by atoms with Crippen LogP contribution >= 0.6 is 0 Å². The fourth-order valence-electron chi connectivity index (χ4n) is 4.04. The fraction of sp³-hybridized carbons (Fsp3) is 0.542. The summed E-state index contributed by atoms with van der Waals surface area (Å²) in [5, 5.41) is 2.40. The molecule has 0 spiro atoms. The Kier molecular flexibility index (Phi) is 9.09. The largest absolute Gasteiger partial charge is 0.350 e. The number of nitrogens with zero attached hydrogens (tertiary/aromatic N) is 2. The molecule has 1 heterocycles. The zero-order chi connectivity index (χ0) is 22.1. The lowest BCUT2D eigenvalue weighted by Crippen LogP contribution is -2.44. The highest BCUT2D eigenvalue weighted by atomic mass is 16.2. The van der Waals surface area contributed by atoms with Gasteiger partial charge in [0.2, 0.25) is 18.2 Å². The molecule has 6 nitrogen and oxygen atoms in total. The van der Waals surface area contributed by atoms with Gasteiger partial charge in [0.15, 0.2) is 0 Å². The molecule has 30 heavy (non-hydrogen) atoms. The smallest absolute Gasteiger partial charge is 0.249 e. The highest BCUT2D eigenvalue weighted by Gasteiger charge is 2.26. The summed E-state index contributed by atoms with van der Waals surface area (Å²) < 4.78 is 0. The predicted molar refractivity (Wildman–Crippen MR) is 119 cm³/mol. The van der Waals surface area contributed by atoms with Crippen LogP contribution in [0.15, 0.2) is 42.0 Å². The molecule has 164 valence electrons. The van der Waals surface area contributed by atoms with Crippen molar-refractivity contribution in [3.8, 4) is 0 Å². The lowest BCUT2D eigenvalue weighted by molar-refractivity contribution is -0.132. The van der Waals surface area contributed by atoms with E-state index in [9.17, 15) is 14.4 Å². The minimum absolute atomic E-state index is 0.0427. The third-order valence-corrected chi connectivity index (χ3v) is 5.89. The van der Waals surface area contributed by atoms with Crippen LogP contribution in [0.4, 0.5) is 0 Å². The van der Waals surface area contributed by atoms with Gasteiger partial charge in [-0.25, -0.2) is 0 Å². The van der Waals surface area contributed by atoms with Crippen LogP contribution in [0.25, 0.3) is 0 Å². The first kappa shape index (κ1) is 23.6. The molecule has 2 rings (SSSR count). The van der Waals surface area contributed by atoms with Gasteiger partial charge in [-0.05, 0) is 43.6 Å². The normalized spacial score (nSPS) is 16.3. The first-order valence-corrected chi connectivity index (χ1v) is 10.8. The van der Waals surface area contributed by atoms with Crippen LogP contribution in [0.3, 0.4) is 0 Å². The number of likely N-dealkylation sites (tertiary alicyclic amines) is 1. The van der Waals surface area contributed by atoms with Crippen LogP contribution < -0.4 is 5.32 Å². The molecule has 0 bridgehead atoms. The van der Waals surface area contributed by atoms with Crippen molar-refractivity contribution in [2.24, 2.45) is 11.8 Å². The molecule has 1 saturated heterocycles. The molecule has 1 aliphatic rings. The maximum atomic E-state index is 13.0. The zero-order valence-electron chi connectivity index (χ0n) is 18.6. The topological polar surface area (TPSA) is 69.7 Å². The predicted octanol–water partition coefficient (Wildman–Crippen LogP) is 2.64. The van der Waals surface area contributed by atoms with Gasteiger partial charge in [-0.1, -0.05) is 50.3 Å². The number of nitrogens with one attached hydrogen (secondary N) is 1. The molecule has 0 saturated carbocycles. The van der Waals surface area contributed by atoms with E-state index in [0.717, 1.165) is 32.4 Å². The number of hydrogen-bond donors (Lipinski definition) is 1. The molecular formula is C24H35N3O3. The molecule has 1 aliphatic heterocycles. The maximum Gasteiger partial charge on any atom is 0.249 e. The van der Waals surface area contributed by atoms with Crippen molar-refractivity contribution in [1.82, 2.24) is 15.1 Å². The van der Waals surface area contributed by atoms with Crippen molar-refractivity contribution < 1.29 is 14.4 Å². The molecule has 1 aromatic carbocycles. The van der Waals surface area contributed by atoms with E-state index in [0.29, 0.717) is 17.9 Å². The molecule has 1 fully saturated rings. The van der Waals surface area contributed by atoms with Crippen molar-refractivity contribution >= 4 is 18.2 Å². The Labute approximate surface area is 180 Å². The Morgan fingerprint density at radius 2 is 1.83 bits per heavy atom. The number of benzene rings is 1. The van der Waals surface area contributed by atoms with E-state index in [1.165, 1.54) is 5.56 Å². The molecule has 1 N–H and O–H groups in total. The quantitative estimate of drug-likeness (QED) is 0.500. The van der Waals surface area contributed by atoms with Gasteiger partial charge >= 0.3 is 0 Å². The lowest BCUT2D eigenvalue weighted by Gasteiger charge is -2.33. The molecule has 0 radical (unpaired) electrons. The van der Waals surface area contributed by atoms with E-state index in [1.54, 1.807) is 11.9 Å². The van der Waals surface area contributed by atoms with Gasteiger partial charge < -0.3 is 15.1 Å². The Balaban J connectivity index is 1.95. The summed E-state index contributed by atoms with van der Waals surface area (Å²) in [6.07, 6.45) is 5.49. The lowest BCUT2D eigenvalue weighted by atomic mass is 9.90. The number of rotatable bonds is 9. The van der Waals surface area contributed by atoms with Crippen molar-refractivity contribution in [3.63, 3.8) is 0 Å². The molecule has 3 amide bonds. The van der Waals surface area contributed by atoms with Gasteiger partial charge in [0.25, 0.3) is 0 Å². The molecule has 6 heteroatoms. The monoisotopic (exact) mass is 413 g/mol. The van der Waals surface area contributed by atoms with Gasteiger partial charge in [-0.3, -0.25) is 14.4 Å². The van der Waals surface area contributed by atoms with Crippen LogP contribution in [-0.2, 0) is 20.8 Å². The van der Waals surface area contributed by atoms with E-state index < -0.39 is 0 Å². The maximum absolute atomic E-state index is 13.0.